The largest absolute Gasteiger partial charge is 0.478 e. The van der Waals surface area contributed by atoms with E-state index in [4.69, 9.17) is 14.7 Å². The number of rotatable bonds is 2. The van der Waals surface area contributed by atoms with Gasteiger partial charge in [-0.25, -0.2) is 4.79 Å². The summed E-state index contributed by atoms with van der Waals surface area (Å²) in [6.45, 7) is 0. The first-order chi connectivity index (χ1) is 6.70. The van der Waals surface area contributed by atoms with Gasteiger partial charge in [0.25, 0.3) is 0 Å². The van der Waals surface area contributed by atoms with Crippen LogP contribution in [0.2, 0.25) is 0 Å². The molecule has 0 aliphatic carbocycles. The molecule has 0 aliphatic heterocycles. The smallest absolute Gasteiger partial charge is 0.373 e. The van der Waals surface area contributed by atoms with Crippen molar-refractivity contribution in [3.8, 4) is 0 Å². The average Bonchev–Trinajstić information content (AvgIpc) is 2.18. The van der Waals surface area contributed by atoms with Crippen LogP contribution >= 0.6 is 0 Å². The molecule has 0 saturated carbocycles. The molecule has 0 heterocycles. The quantitative estimate of drug-likeness (QED) is 0.714. The van der Waals surface area contributed by atoms with E-state index in [0.29, 0.717) is 0 Å². The second-order valence-electron chi connectivity index (χ2n) is 2.17. The maximum atomic E-state index is 10.1. The van der Waals surface area contributed by atoms with E-state index < -0.39 is 5.97 Å². The molecule has 0 unspecified atom stereocenters. The van der Waals surface area contributed by atoms with Gasteiger partial charge < -0.3 is 5.11 Å². The zero-order valence-corrected chi connectivity index (χ0v) is 7.21. The molecule has 0 fully saturated rings. The van der Waals surface area contributed by atoms with Crippen LogP contribution < -0.4 is 0 Å². The second-order valence-corrected chi connectivity index (χ2v) is 2.17. The van der Waals surface area contributed by atoms with Gasteiger partial charge in [0.2, 0.25) is 0 Å². The molecule has 1 aromatic rings. The highest BCUT2D eigenvalue weighted by Crippen LogP contribution is 1.99. The molecular formula is C10H8O4. The number of carboxylic acids is 1. The Balaban J connectivity index is 0.000000500. The molecule has 0 spiro atoms. The minimum atomic E-state index is -0.922. The number of carbonyl (C=O) groups excluding carboxylic acids is 2. The third kappa shape index (κ3) is 6.52. The molecule has 0 aliphatic rings. The minimum Gasteiger partial charge on any atom is -0.478 e. The molecule has 0 atom stereocenters. The van der Waals surface area contributed by atoms with E-state index in [0.717, 1.165) is 11.6 Å². The van der Waals surface area contributed by atoms with E-state index in [-0.39, 0.29) is 6.15 Å². The van der Waals surface area contributed by atoms with Crippen molar-refractivity contribution in [3.05, 3.63) is 42.0 Å². The third-order valence-corrected chi connectivity index (χ3v) is 1.22. The summed E-state index contributed by atoms with van der Waals surface area (Å²) in [5.74, 6) is -0.922. The van der Waals surface area contributed by atoms with Gasteiger partial charge in [0, 0.05) is 6.08 Å². The Hall–Kier alpha value is -2.19. The minimum absolute atomic E-state index is 0.250. The molecule has 72 valence electrons. The van der Waals surface area contributed by atoms with Crippen LogP contribution in [-0.4, -0.2) is 17.2 Å². The van der Waals surface area contributed by atoms with Gasteiger partial charge >= 0.3 is 12.1 Å². The van der Waals surface area contributed by atoms with Gasteiger partial charge in [-0.3, -0.25) is 0 Å². The van der Waals surface area contributed by atoms with Gasteiger partial charge in [0.15, 0.2) is 0 Å². The van der Waals surface area contributed by atoms with Crippen molar-refractivity contribution in [2.75, 3.05) is 0 Å². The third-order valence-electron chi connectivity index (χ3n) is 1.22. The summed E-state index contributed by atoms with van der Waals surface area (Å²) in [5, 5.41) is 8.29. The standard InChI is InChI=1S/C9H8O2.CO2/c10-9(11)7-6-8-4-2-1-3-5-8;2-1-3/h1-7H,(H,10,11);/b7-6+;. The van der Waals surface area contributed by atoms with E-state index >= 15 is 0 Å². The summed E-state index contributed by atoms with van der Waals surface area (Å²) in [6.07, 6.45) is 2.93. The summed E-state index contributed by atoms with van der Waals surface area (Å²) in [6, 6.07) is 9.31. The summed E-state index contributed by atoms with van der Waals surface area (Å²) in [4.78, 5) is 26.3. The predicted octanol–water partition coefficient (Wildman–Crippen LogP) is 1.20. The number of hydrogen-bond donors (Lipinski definition) is 1. The van der Waals surface area contributed by atoms with E-state index in [1.165, 1.54) is 0 Å². The maximum Gasteiger partial charge on any atom is 0.373 e. The molecular weight excluding hydrogens is 184 g/mol. The Morgan fingerprint density at radius 2 is 1.71 bits per heavy atom. The molecule has 0 radical (unpaired) electrons. The van der Waals surface area contributed by atoms with Gasteiger partial charge in [-0.05, 0) is 11.6 Å². The van der Waals surface area contributed by atoms with Gasteiger partial charge in [-0.1, -0.05) is 30.3 Å². The van der Waals surface area contributed by atoms with E-state index in [9.17, 15) is 4.79 Å². The van der Waals surface area contributed by atoms with Crippen LogP contribution in [0.15, 0.2) is 36.4 Å². The van der Waals surface area contributed by atoms with Crippen LogP contribution in [0.1, 0.15) is 5.56 Å². The fourth-order valence-corrected chi connectivity index (χ4v) is 0.732. The van der Waals surface area contributed by atoms with Gasteiger partial charge in [-0.2, -0.15) is 9.59 Å². The molecule has 1 aromatic carbocycles. The van der Waals surface area contributed by atoms with Crippen molar-refractivity contribution in [2.45, 2.75) is 0 Å². The Morgan fingerprint density at radius 3 is 2.14 bits per heavy atom. The first-order valence-corrected chi connectivity index (χ1v) is 3.66. The lowest BCUT2D eigenvalue weighted by Gasteiger charge is -1.87. The molecule has 0 amide bonds. The summed E-state index contributed by atoms with van der Waals surface area (Å²) >= 11 is 0. The normalized spacial score (nSPS) is 8.57. The van der Waals surface area contributed by atoms with Crippen LogP contribution in [-0.2, 0) is 14.4 Å². The number of hydrogen-bond acceptors (Lipinski definition) is 3. The van der Waals surface area contributed by atoms with Crippen molar-refractivity contribution in [2.24, 2.45) is 0 Å². The first kappa shape index (κ1) is 11.8. The van der Waals surface area contributed by atoms with Crippen LogP contribution in [0.5, 0.6) is 0 Å². The molecule has 4 heteroatoms. The van der Waals surface area contributed by atoms with E-state index in [1.54, 1.807) is 6.08 Å². The van der Waals surface area contributed by atoms with E-state index in [2.05, 4.69) is 0 Å². The molecule has 14 heavy (non-hydrogen) atoms. The molecule has 4 nitrogen and oxygen atoms in total. The summed E-state index contributed by atoms with van der Waals surface area (Å²) < 4.78 is 0. The Labute approximate surface area is 80.5 Å². The average molecular weight is 192 g/mol. The van der Waals surface area contributed by atoms with Crippen molar-refractivity contribution < 1.29 is 19.5 Å². The van der Waals surface area contributed by atoms with Crippen molar-refractivity contribution in [1.82, 2.24) is 0 Å². The second kappa shape index (κ2) is 7.46. The zero-order valence-electron chi connectivity index (χ0n) is 7.21. The van der Waals surface area contributed by atoms with E-state index in [1.807, 2.05) is 30.3 Å². The van der Waals surface area contributed by atoms with Crippen molar-refractivity contribution >= 4 is 18.2 Å². The van der Waals surface area contributed by atoms with Gasteiger partial charge in [-0.15, -0.1) is 0 Å². The number of aliphatic carboxylic acids is 1. The zero-order chi connectivity index (χ0) is 10.8. The van der Waals surface area contributed by atoms with Gasteiger partial charge in [0.05, 0.1) is 0 Å². The monoisotopic (exact) mass is 192 g/mol. The number of carbonyl (C=O) groups is 1. The predicted molar refractivity (Wildman–Crippen MR) is 48.1 cm³/mol. The van der Waals surface area contributed by atoms with Crippen molar-refractivity contribution in [3.63, 3.8) is 0 Å². The Morgan fingerprint density at radius 1 is 1.21 bits per heavy atom. The van der Waals surface area contributed by atoms with Gasteiger partial charge in [0.1, 0.15) is 0 Å². The molecule has 1 rings (SSSR count). The van der Waals surface area contributed by atoms with Crippen LogP contribution in [0.25, 0.3) is 6.08 Å². The topological polar surface area (TPSA) is 71.4 Å². The number of benzene rings is 1. The van der Waals surface area contributed by atoms with Crippen LogP contribution in [0.3, 0.4) is 0 Å². The first-order valence-electron chi connectivity index (χ1n) is 3.66. The highest BCUT2D eigenvalue weighted by molar-refractivity contribution is 5.85. The molecule has 1 N–H and O–H groups in total. The Bertz CT molecular complexity index is 334. The summed E-state index contributed by atoms with van der Waals surface area (Å²) in [5.41, 5.74) is 0.898. The summed E-state index contributed by atoms with van der Waals surface area (Å²) in [7, 11) is 0. The Kier molecular flexibility index (Phi) is 6.29. The highest BCUT2D eigenvalue weighted by Gasteiger charge is 1.85. The SMILES string of the molecule is O=C(O)/C=C/c1ccccc1.O=C=O. The maximum absolute atomic E-state index is 10.1. The van der Waals surface area contributed by atoms with Crippen molar-refractivity contribution in [1.29, 1.82) is 0 Å². The lowest BCUT2D eigenvalue weighted by atomic mass is 10.2. The fraction of sp³-hybridized carbons (Fsp3) is 0. The number of carboxylic acid groups (broad SMARTS) is 1. The lowest BCUT2D eigenvalue weighted by Crippen LogP contribution is -1.85. The molecule has 0 aromatic heterocycles. The molecule has 0 bridgehead atoms. The van der Waals surface area contributed by atoms with Crippen LogP contribution in [0, 0.1) is 0 Å². The lowest BCUT2D eigenvalue weighted by molar-refractivity contribution is -0.191. The fourth-order valence-electron chi connectivity index (χ4n) is 0.732. The van der Waals surface area contributed by atoms with Crippen LogP contribution in [0.4, 0.5) is 0 Å². The highest BCUT2D eigenvalue weighted by atomic mass is 16.4. The molecule has 0 saturated heterocycles.